The molecule has 18 heavy (non-hydrogen) atoms. The number of anilines is 2. The molecule has 0 spiro atoms. The number of nitrogens with one attached hydrogen (secondary N) is 2. The van der Waals surface area contributed by atoms with Gasteiger partial charge in [0.1, 0.15) is 17.5 Å². The normalized spacial score (nSPS) is 15.6. The molecule has 1 aliphatic rings. The second-order valence-electron chi connectivity index (χ2n) is 5.79. The van der Waals surface area contributed by atoms with Gasteiger partial charge >= 0.3 is 0 Å². The zero-order chi connectivity index (χ0) is 13.2. The Morgan fingerprint density at radius 2 is 2.00 bits per heavy atom. The zero-order valence-corrected chi connectivity index (χ0v) is 11.5. The van der Waals surface area contributed by atoms with Crippen LogP contribution in [0.1, 0.15) is 51.8 Å². The lowest BCUT2D eigenvalue weighted by Crippen LogP contribution is -2.23. The van der Waals surface area contributed by atoms with Crippen molar-refractivity contribution < 1.29 is 0 Å². The van der Waals surface area contributed by atoms with Gasteiger partial charge in [-0.25, -0.2) is 15.8 Å². The molecule has 0 saturated heterocycles. The molecule has 0 unspecified atom stereocenters. The molecule has 0 amide bonds. The Hall–Kier alpha value is -1.36. The molecule has 5 nitrogen and oxygen atoms in total. The van der Waals surface area contributed by atoms with Gasteiger partial charge in [-0.3, -0.25) is 0 Å². The third-order valence-electron chi connectivity index (χ3n) is 3.54. The number of rotatable bonds is 6. The van der Waals surface area contributed by atoms with Gasteiger partial charge in [-0.15, -0.1) is 0 Å². The summed E-state index contributed by atoms with van der Waals surface area (Å²) in [7, 11) is 0. The van der Waals surface area contributed by atoms with Crippen LogP contribution in [0.3, 0.4) is 0 Å². The van der Waals surface area contributed by atoms with Crippen molar-refractivity contribution in [3.05, 3.63) is 11.9 Å². The van der Waals surface area contributed by atoms with Crippen LogP contribution >= 0.6 is 0 Å². The van der Waals surface area contributed by atoms with E-state index in [9.17, 15) is 0 Å². The first-order chi connectivity index (χ1) is 8.54. The van der Waals surface area contributed by atoms with Gasteiger partial charge in [-0.2, -0.15) is 0 Å². The molecule has 2 rings (SSSR count). The smallest absolute Gasteiger partial charge is 0.145 e. The number of nitrogens with two attached hydrogens (primary N) is 1. The van der Waals surface area contributed by atoms with Gasteiger partial charge in [0.2, 0.25) is 0 Å². The number of aromatic nitrogens is 2. The van der Waals surface area contributed by atoms with Crippen molar-refractivity contribution in [1.82, 2.24) is 9.97 Å². The first-order valence-electron chi connectivity index (χ1n) is 6.63. The van der Waals surface area contributed by atoms with Crippen molar-refractivity contribution in [1.29, 1.82) is 0 Å². The molecular formula is C13H23N5. The highest BCUT2D eigenvalue weighted by atomic mass is 15.3. The Bertz CT molecular complexity index is 412. The Labute approximate surface area is 109 Å². The summed E-state index contributed by atoms with van der Waals surface area (Å²) in [5, 5.41) is 3.39. The predicted molar refractivity (Wildman–Crippen MR) is 74.4 cm³/mol. The highest BCUT2D eigenvalue weighted by molar-refractivity contribution is 5.47. The monoisotopic (exact) mass is 249 g/mol. The molecule has 0 atom stereocenters. The minimum atomic E-state index is 0.265. The lowest BCUT2D eigenvalue weighted by molar-refractivity contribution is 0.376. The van der Waals surface area contributed by atoms with Crippen molar-refractivity contribution in [3.8, 4) is 0 Å². The minimum Gasteiger partial charge on any atom is -0.369 e. The molecule has 1 fully saturated rings. The number of hydrogen-bond donors (Lipinski definition) is 3. The maximum Gasteiger partial charge on any atom is 0.145 e. The molecule has 1 aromatic rings. The molecule has 100 valence electrons. The van der Waals surface area contributed by atoms with E-state index in [-0.39, 0.29) is 5.41 Å². The molecular weight excluding hydrogens is 226 g/mol. The molecule has 4 N–H and O–H groups in total. The van der Waals surface area contributed by atoms with Crippen molar-refractivity contribution in [2.75, 3.05) is 17.3 Å². The average molecular weight is 249 g/mol. The number of hydrazine groups is 1. The molecule has 1 saturated carbocycles. The largest absolute Gasteiger partial charge is 0.369 e. The van der Waals surface area contributed by atoms with Crippen LogP contribution in [0.2, 0.25) is 0 Å². The molecule has 0 bridgehead atoms. The zero-order valence-electron chi connectivity index (χ0n) is 11.5. The Balaban J connectivity index is 2.09. The van der Waals surface area contributed by atoms with E-state index in [1.165, 1.54) is 12.8 Å². The summed E-state index contributed by atoms with van der Waals surface area (Å²) in [5.41, 5.74) is 2.88. The fraction of sp³-hybridized carbons (Fsp3) is 0.692. The van der Waals surface area contributed by atoms with Crippen molar-refractivity contribution >= 4 is 11.6 Å². The van der Waals surface area contributed by atoms with Crippen LogP contribution in [0.4, 0.5) is 11.6 Å². The molecule has 0 aliphatic heterocycles. The highest BCUT2D eigenvalue weighted by Gasteiger charge is 2.27. The van der Waals surface area contributed by atoms with Gasteiger partial charge in [0.25, 0.3) is 0 Å². The van der Waals surface area contributed by atoms with E-state index in [2.05, 4.69) is 41.5 Å². The predicted octanol–water partition coefficient (Wildman–Crippen LogP) is 2.49. The van der Waals surface area contributed by atoms with E-state index in [1.54, 1.807) is 0 Å². The summed E-state index contributed by atoms with van der Waals surface area (Å²) in [6, 6.07) is 1.86. The number of nitrogen functional groups attached to an aromatic ring is 1. The minimum absolute atomic E-state index is 0.265. The third-order valence-corrected chi connectivity index (χ3v) is 3.54. The molecule has 1 aliphatic carbocycles. The third kappa shape index (κ3) is 3.32. The second kappa shape index (κ2) is 5.10. The van der Waals surface area contributed by atoms with E-state index in [0.717, 1.165) is 24.6 Å². The first kappa shape index (κ1) is 13.1. The van der Waals surface area contributed by atoms with E-state index >= 15 is 0 Å². The van der Waals surface area contributed by atoms with Gasteiger partial charge < -0.3 is 10.7 Å². The summed E-state index contributed by atoms with van der Waals surface area (Å²) in [6.45, 7) is 7.58. The SMILES string of the molecule is CCC(C)(C)CNc1cc(NN)nc(C2CC2)n1. The van der Waals surface area contributed by atoms with Crippen LogP contribution in [0, 0.1) is 5.41 Å². The van der Waals surface area contributed by atoms with Crippen molar-refractivity contribution in [2.24, 2.45) is 11.3 Å². The molecule has 0 aromatic carbocycles. The van der Waals surface area contributed by atoms with Gasteiger partial charge in [-0.05, 0) is 24.7 Å². The summed E-state index contributed by atoms with van der Waals surface area (Å²) in [5.74, 6) is 8.43. The van der Waals surface area contributed by atoms with Gasteiger partial charge in [0.15, 0.2) is 0 Å². The molecule has 1 aromatic heterocycles. The lowest BCUT2D eigenvalue weighted by atomic mass is 9.90. The van der Waals surface area contributed by atoms with Crippen LogP contribution in [0.5, 0.6) is 0 Å². The van der Waals surface area contributed by atoms with Crippen LogP contribution in [-0.4, -0.2) is 16.5 Å². The topological polar surface area (TPSA) is 75.9 Å². The lowest BCUT2D eigenvalue weighted by Gasteiger charge is -2.23. The van der Waals surface area contributed by atoms with Crippen molar-refractivity contribution in [3.63, 3.8) is 0 Å². The van der Waals surface area contributed by atoms with E-state index in [0.29, 0.717) is 11.7 Å². The van der Waals surface area contributed by atoms with Crippen LogP contribution in [0.15, 0.2) is 6.07 Å². The maximum atomic E-state index is 5.45. The quantitative estimate of drug-likeness (QED) is 0.533. The highest BCUT2D eigenvalue weighted by Crippen LogP contribution is 2.38. The van der Waals surface area contributed by atoms with Crippen LogP contribution < -0.4 is 16.6 Å². The molecule has 1 heterocycles. The fourth-order valence-electron chi connectivity index (χ4n) is 1.61. The Morgan fingerprint density at radius 3 is 2.56 bits per heavy atom. The van der Waals surface area contributed by atoms with E-state index in [4.69, 9.17) is 5.84 Å². The van der Waals surface area contributed by atoms with Crippen LogP contribution in [0.25, 0.3) is 0 Å². The first-order valence-corrected chi connectivity index (χ1v) is 6.63. The molecule has 0 radical (unpaired) electrons. The maximum absolute atomic E-state index is 5.45. The average Bonchev–Trinajstić information content (AvgIpc) is 3.20. The molecule has 5 heteroatoms. The van der Waals surface area contributed by atoms with E-state index in [1.807, 2.05) is 6.07 Å². The Morgan fingerprint density at radius 1 is 1.33 bits per heavy atom. The summed E-state index contributed by atoms with van der Waals surface area (Å²) < 4.78 is 0. The van der Waals surface area contributed by atoms with Gasteiger partial charge in [0.05, 0.1) is 0 Å². The van der Waals surface area contributed by atoms with Gasteiger partial charge in [-0.1, -0.05) is 20.8 Å². The van der Waals surface area contributed by atoms with Crippen LogP contribution in [-0.2, 0) is 0 Å². The van der Waals surface area contributed by atoms with Crippen molar-refractivity contribution in [2.45, 2.75) is 46.0 Å². The second-order valence-corrected chi connectivity index (χ2v) is 5.79. The number of hydrogen-bond acceptors (Lipinski definition) is 5. The summed E-state index contributed by atoms with van der Waals surface area (Å²) in [4.78, 5) is 8.95. The fourth-order valence-corrected chi connectivity index (χ4v) is 1.61. The summed E-state index contributed by atoms with van der Waals surface area (Å²) >= 11 is 0. The standard InChI is InChI=1S/C13H23N5/c1-4-13(2,3)8-15-10-7-11(18-14)17-12(16-10)9-5-6-9/h7,9H,4-6,8,14H2,1-3H3,(H2,15,16,17,18). The Kier molecular flexibility index (Phi) is 3.71. The van der Waals surface area contributed by atoms with Gasteiger partial charge in [0, 0.05) is 18.5 Å². The van der Waals surface area contributed by atoms with E-state index < -0.39 is 0 Å². The summed E-state index contributed by atoms with van der Waals surface area (Å²) in [6.07, 6.45) is 3.50. The number of nitrogens with zero attached hydrogens (tertiary/aromatic N) is 2.